The summed E-state index contributed by atoms with van der Waals surface area (Å²) in [5.41, 5.74) is 0.182. The molecule has 1 N–H and O–H groups in total. The van der Waals surface area contributed by atoms with Crippen molar-refractivity contribution in [3.05, 3.63) is 59.5 Å². The third-order valence-electron chi connectivity index (χ3n) is 3.92. The highest BCUT2D eigenvalue weighted by molar-refractivity contribution is 6.38. The van der Waals surface area contributed by atoms with Crippen LogP contribution in [0.4, 0.5) is 0 Å². The van der Waals surface area contributed by atoms with E-state index in [-0.39, 0.29) is 16.5 Å². The molecule has 0 radical (unpaired) electrons. The second-order valence-electron chi connectivity index (χ2n) is 5.40. The number of ether oxygens (including phenoxy) is 2. The molecule has 0 amide bonds. The smallest absolute Gasteiger partial charge is 0.360 e. The molecule has 4 aromatic rings. The van der Waals surface area contributed by atoms with E-state index >= 15 is 0 Å². The van der Waals surface area contributed by atoms with Gasteiger partial charge in [-0.15, -0.1) is 0 Å². The molecule has 0 aliphatic carbocycles. The number of hydrogen-bond acceptors (Lipinski definition) is 6. The molecular weight excluding hydrogens is 358 g/mol. The molecule has 0 spiro atoms. The van der Waals surface area contributed by atoms with Gasteiger partial charge >= 0.3 is 5.97 Å². The molecule has 2 aromatic heterocycles. The Bertz CT molecular complexity index is 1140. The zero-order valence-corrected chi connectivity index (χ0v) is 14.3. The quantitative estimate of drug-likeness (QED) is 0.552. The molecule has 2 heterocycles. The van der Waals surface area contributed by atoms with E-state index in [1.54, 1.807) is 24.3 Å². The van der Waals surface area contributed by atoms with Crippen molar-refractivity contribution in [3.8, 4) is 17.2 Å². The van der Waals surface area contributed by atoms with Gasteiger partial charge in [0.2, 0.25) is 0 Å². The van der Waals surface area contributed by atoms with Crippen molar-refractivity contribution in [2.75, 3.05) is 7.11 Å². The molecule has 0 saturated carbocycles. The van der Waals surface area contributed by atoms with Crippen LogP contribution >= 0.6 is 11.6 Å². The zero-order chi connectivity index (χ0) is 18.3. The topological polar surface area (TPSA) is 86.0 Å². The lowest BCUT2D eigenvalue weighted by Crippen LogP contribution is -2.10. The molecule has 2 aromatic carbocycles. The van der Waals surface area contributed by atoms with Crippen molar-refractivity contribution >= 4 is 34.0 Å². The Balaban J connectivity index is 1.99. The van der Waals surface area contributed by atoms with Gasteiger partial charge in [-0.1, -0.05) is 29.8 Å². The maximum absolute atomic E-state index is 12.1. The summed E-state index contributed by atoms with van der Waals surface area (Å²) in [7, 11) is 1.22. The molecule has 0 fully saturated rings. The normalized spacial score (nSPS) is 11.0. The second kappa shape index (κ2) is 6.20. The van der Waals surface area contributed by atoms with Crippen LogP contribution in [0.15, 0.2) is 48.8 Å². The Labute approximate surface area is 152 Å². The third kappa shape index (κ3) is 2.41. The van der Waals surface area contributed by atoms with E-state index < -0.39 is 5.97 Å². The first-order valence-corrected chi connectivity index (χ1v) is 7.97. The van der Waals surface area contributed by atoms with Gasteiger partial charge in [-0.3, -0.25) is 0 Å². The van der Waals surface area contributed by atoms with Crippen molar-refractivity contribution in [1.82, 2.24) is 14.6 Å². The highest BCUT2D eigenvalue weighted by Gasteiger charge is 2.24. The van der Waals surface area contributed by atoms with E-state index in [0.29, 0.717) is 27.9 Å². The molecule has 0 atom stereocenters. The molecule has 130 valence electrons. The van der Waals surface area contributed by atoms with Crippen molar-refractivity contribution in [3.63, 3.8) is 0 Å². The molecular formula is C18H12ClN3O4. The van der Waals surface area contributed by atoms with Gasteiger partial charge in [0, 0.05) is 5.39 Å². The predicted molar refractivity (Wildman–Crippen MR) is 95.0 cm³/mol. The number of carbonyl (C=O) groups is 1. The zero-order valence-electron chi connectivity index (χ0n) is 13.5. The number of benzene rings is 2. The number of pyridine rings is 1. The lowest BCUT2D eigenvalue weighted by atomic mass is 10.1. The summed E-state index contributed by atoms with van der Waals surface area (Å²) in [6.45, 7) is 0. The van der Waals surface area contributed by atoms with Crippen molar-refractivity contribution in [2.24, 2.45) is 0 Å². The molecule has 4 rings (SSSR count). The summed E-state index contributed by atoms with van der Waals surface area (Å²) in [6.07, 6.45) is 1.27. The van der Waals surface area contributed by atoms with Crippen LogP contribution in [-0.2, 0) is 4.74 Å². The first kappa shape index (κ1) is 16.2. The Hall–Kier alpha value is -3.32. The van der Waals surface area contributed by atoms with Crippen molar-refractivity contribution < 1.29 is 19.4 Å². The van der Waals surface area contributed by atoms with Gasteiger partial charge < -0.3 is 14.6 Å². The van der Waals surface area contributed by atoms with Crippen LogP contribution in [0.25, 0.3) is 16.4 Å². The molecule has 7 nitrogen and oxygen atoms in total. The fraction of sp³-hybridized carbons (Fsp3) is 0.0556. The van der Waals surface area contributed by atoms with Crippen LogP contribution in [-0.4, -0.2) is 32.8 Å². The number of aromatic hydroxyl groups is 1. The van der Waals surface area contributed by atoms with Gasteiger partial charge in [-0.25, -0.2) is 14.3 Å². The van der Waals surface area contributed by atoms with Gasteiger partial charge in [-0.05, 0) is 24.3 Å². The van der Waals surface area contributed by atoms with E-state index in [1.807, 2.05) is 18.2 Å². The third-order valence-corrected chi connectivity index (χ3v) is 4.29. The predicted octanol–water partition coefficient (Wildman–Crippen LogP) is 3.82. The number of methoxy groups -OCH3 is 1. The molecule has 0 aliphatic heterocycles. The average molecular weight is 370 g/mol. The van der Waals surface area contributed by atoms with Crippen molar-refractivity contribution in [1.29, 1.82) is 0 Å². The van der Waals surface area contributed by atoms with Crippen LogP contribution in [0.3, 0.4) is 0 Å². The maximum Gasteiger partial charge on any atom is 0.360 e. The monoisotopic (exact) mass is 369 g/mol. The van der Waals surface area contributed by atoms with Crippen LogP contribution in [0.1, 0.15) is 10.5 Å². The minimum absolute atomic E-state index is 0.125. The van der Waals surface area contributed by atoms with Gasteiger partial charge in [-0.2, -0.15) is 5.10 Å². The van der Waals surface area contributed by atoms with Crippen LogP contribution in [0, 0.1) is 0 Å². The average Bonchev–Trinajstić information content (AvgIpc) is 3.13. The lowest BCUT2D eigenvalue weighted by Gasteiger charge is -2.13. The highest BCUT2D eigenvalue weighted by Crippen LogP contribution is 2.41. The summed E-state index contributed by atoms with van der Waals surface area (Å²) < 4.78 is 11.7. The first-order valence-electron chi connectivity index (χ1n) is 7.60. The molecule has 8 heteroatoms. The van der Waals surface area contributed by atoms with Gasteiger partial charge in [0.25, 0.3) is 0 Å². The van der Waals surface area contributed by atoms with E-state index in [1.165, 1.54) is 18.0 Å². The Morgan fingerprint density at radius 3 is 2.69 bits per heavy atom. The van der Waals surface area contributed by atoms with Gasteiger partial charge in [0.15, 0.2) is 17.1 Å². The Morgan fingerprint density at radius 2 is 1.96 bits per heavy atom. The van der Waals surface area contributed by atoms with Gasteiger partial charge in [0.1, 0.15) is 17.8 Å². The number of aromatic nitrogens is 3. The fourth-order valence-electron chi connectivity index (χ4n) is 2.75. The summed E-state index contributed by atoms with van der Waals surface area (Å²) in [4.78, 5) is 16.2. The number of carbonyl (C=O) groups excluding carboxylic acids is 1. The van der Waals surface area contributed by atoms with E-state index in [9.17, 15) is 9.90 Å². The number of halogens is 1. The molecule has 0 aliphatic rings. The van der Waals surface area contributed by atoms with Crippen LogP contribution in [0.2, 0.25) is 5.02 Å². The number of hydrogen-bond donors (Lipinski definition) is 1. The minimum Gasteiger partial charge on any atom is -0.505 e. The Kier molecular flexibility index (Phi) is 3.85. The fourth-order valence-corrected chi connectivity index (χ4v) is 3.04. The largest absolute Gasteiger partial charge is 0.505 e. The SMILES string of the molecule is COC(=O)c1c(O)c2ccc(Oc3ccccc3)c(Cl)c2c2ncnn12. The minimum atomic E-state index is -0.736. The molecule has 0 unspecified atom stereocenters. The highest BCUT2D eigenvalue weighted by atomic mass is 35.5. The van der Waals surface area contributed by atoms with E-state index in [4.69, 9.17) is 21.1 Å². The maximum atomic E-state index is 12.1. The van der Waals surface area contributed by atoms with E-state index in [2.05, 4.69) is 10.1 Å². The molecule has 26 heavy (non-hydrogen) atoms. The number of rotatable bonds is 3. The summed E-state index contributed by atoms with van der Waals surface area (Å²) >= 11 is 6.53. The van der Waals surface area contributed by atoms with Crippen LogP contribution in [0.5, 0.6) is 17.2 Å². The van der Waals surface area contributed by atoms with Crippen LogP contribution < -0.4 is 4.74 Å². The number of esters is 1. The van der Waals surface area contributed by atoms with Gasteiger partial charge in [0.05, 0.1) is 17.5 Å². The summed E-state index contributed by atoms with van der Waals surface area (Å²) in [6, 6.07) is 12.4. The molecule has 0 saturated heterocycles. The van der Waals surface area contributed by atoms with Crippen molar-refractivity contribution in [2.45, 2.75) is 0 Å². The van der Waals surface area contributed by atoms with E-state index in [0.717, 1.165) is 0 Å². The summed E-state index contributed by atoms with van der Waals surface area (Å²) in [5.74, 6) is -0.0271. The summed E-state index contributed by atoms with van der Waals surface area (Å²) in [5, 5.41) is 15.6. The lowest BCUT2D eigenvalue weighted by molar-refractivity contribution is 0.0587. The number of nitrogens with zero attached hydrogens (tertiary/aromatic N) is 3. The standard InChI is InChI=1S/C18H12ClN3O4/c1-25-18(24)15-16(23)11-7-8-12(26-10-5-3-2-4-6-10)14(19)13(11)17-20-9-21-22(15)17/h2-9,23H,1H3. The first-order chi connectivity index (χ1) is 12.6. The molecule has 0 bridgehead atoms. The Morgan fingerprint density at radius 1 is 1.19 bits per heavy atom. The number of para-hydroxylation sites is 1. The second-order valence-corrected chi connectivity index (χ2v) is 5.78. The number of fused-ring (bicyclic) bond motifs is 3.